The average molecular weight is 330 g/mol. The first-order chi connectivity index (χ1) is 9.19. The van der Waals surface area contributed by atoms with Gasteiger partial charge in [-0.2, -0.15) is 21.6 Å². The number of ketones is 2. The number of rotatable bonds is 3. The molecule has 0 bridgehead atoms. The Morgan fingerprint density at radius 1 is 1.24 bits per heavy atom. The molecule has 1 aliphatic rings. The van der Waals surface area contributed by atoms with E-state index >= 15 is 0 Å². The molecule has 0 heterocycles. The smallest absolute Gasteiger partial charge is 0.290 e. The zero-order valence-electron chi connectivity index (χ0n) is 12.1. The molecule has 9 heteroatoms. The molecule has 0 radical (unpaired) electrons. The molecule has 0 aliphatic heterocycles. The normalized spacial score (nSPS) is 30.5. The van der Waals surface area contributed by atoms with Crippen LogP contribution in [-0.2, 0) is 23.9 Å². The van der Waals surface area contributed by atoms with Crippen LogP contribution in [-0.4, -0.2) is 31.1 Å². The Kier molecular flexibility index (Phi) is 4.35. The zero-order chi connectivity index (χ0) is 16.9. The summed E-state index contributed by atoms with van der Waals surface area (Å²) in [6, 6.07) is 0. The highest BCUT2D eigenvalue weighted by Crippen LogP contribution is 2.47. The second-order valence-electron chi connectivity index (χ2n) is 5.90. The highest BCUT2D eigenvalue weighted by molar-refractivity contribution is 7.87. The molecule has 0 aromatic rings. The summed E-state index contributed by atoms with van der Waals surface area (Å²) in [5, 5.41) is 0. The lowest BCUT2D eigenvalue weighted by Crippen LogP contribution is -2.61. The van der Waals surface area contributed by atoms with Gasteiger partial charge >= 0.3 is 15.6 Å². The average Bonchev–Trinajstić information content (AvgIpc) is 2.30. The van der Waals surface area contributed by atoms with Gasteiger partial charge in [-0.15, -0.1) is 0 Å². The Morgan fingerprint density at radius 2 is 1.71 bits per heavy atom. The van der Waals surface area contributed by atoms with Crippen molar-refractivity contribution in [2.24, 2.45) is 11.3 Å². The monoisotopic (exact) mass is 330 g/mol. The first kappa shape index (κ1) is 18.1. The van der Waals surface area contributed by atoms with Crippen molar-refractivity contribution in [3.8, 4) is 0 Å². The van der Waals surface area contributed by atoms with Crippen LogP contribution in [0.15, 0.2) is 0 Å². The maximum Gasteiger partial charge on any atom is 0.523 e. The largest absolute Gasteiger partial charge is 0.523 e. The number of halogens is 3. The van der Waals surface area contributed by atoms with Gasteiger partial charge in [0.05, 0.1) is 0 Å². The fourth-order valence-electron chi connectivity index (χ4n) is 2.38. The van der Waals surface area contributed by atoms with Crippen LogP contribution in [0.3, 0.4) is 0 Å². The van der Waals surface area contributed by atoms with Crippen LogP contribution in [0.2, 0.25) is 0 Å². The van der Waals surface area contributed by atoms with Gasteiger partial charge in [0.15, 0.2) is 5.60 Å². The van der Waals surface area contributed by atoms with E-state index in [1.807, 2.05) is 0 Å². The Balaban J connectivity index is 3.32. The molecule has 0 N–H and O–H groups in total. The highest BCUT2D eigenvalue weighted by atomic mass is 32.2. The Labute approximate surface area is 121 Å². The number of alkyl halides is 3. The third kappa shape index (κ3) is 2.85. The number of carbonyl (C=O) groups is 2. The van der Waals surface area contributed by atoms with E-state index in [9.17, 15) is 31.2 Å². The van der Waals surface area contributed by atoms with Crippen LogP contribution in [0.1, 0.15) is 40.5 Å². The lowest BCUT2D eigenvalue weighted by atomic mass is 9.61. The molecule has 2 atom stereocenters. The molecule has 1 aliphatic carbocycles. The summed E-state index contributed by atoms with van der Waals surface area (Å²) in [5.41, 5.74) is -9.27. The minimum absolute atomic E-state index is 0.0674. The van der Waals surface area contributed by atoms with Crippen LogP contribution in [0.4, 0.5) is 13.2 Å². The van der Waals surface area contributed by atoms with Crippen molar-refractivity contribution in [1.29, 1.82) is 0 Å². The van der Waals surface area contributed by atoms with Crippen molar-refractivity contribution < 1.29 is 35.4 Å². The van der Waals surface area contributed by atoms with E-state index in [2.05, 4.69) is 4.18 Å². The van der Waals surface area contributed by atoms with Crippen LogP contribution in [0.25, 0.3) is 0 Å². The van der Waals surface area contributed by atoms with Gasteiger partial charge in [-0.25, -0.2) is 4.18 Å². The van der Waals surface area contributed by atoms with Crippen molar-refractivity contribution in [3.63, 3.8) is 0 Å². The molecule has 0 spiro atoms. The minimum atomic E-state index is -5.98. The van der Waals surface area contributed by atoms with E-state index in [1.165, 1.54) is 13.8 Å². The van der Waals surface area contributed by atoms with E-state index in [4.69, 9.17) is 0 Å². The molecular weight excluding hydrogens is 313 g/mol. The molecule has 1 rings (SSSR count). The lowest BCUT2D eigenvalue weighted by Gasteiger charge is -2.46. The van der Waals surface area contributed by atoms with Gasteiger partial charge in [0.25, 0.3) is 0 Å². The molecule has 21 heavy (non-hydrogen) atoms. The summed E-state index contributed by atoms with van der Waals surface area (Å²) in [6.07, 6.45) is 0.411. The van der Waals surface area contributed by atoms with Crippen molar-refractivity contribution in [2.45, 2.75) is 51.6 Å². The first-order valence-electron chi connectivity index (χ1n) is 6.30. The summed E-state index contributed by atoms with van der Waals surface area (Å²) in [7, 11) is -5.98. The third-order valence-electron chi connectivity index (χ3n) is 4.13. The number of Topliss-reactive ketones (excluding diaryl/α,β-unsaturated/α-hetero) is 2. The summed E-state index contributed by atoms with van der Waals surface area (Å²) < 4.78 is 64.0. The Hall–Kier alpha value is -0.960. The molecule has 0 aromatic carbocycles. The van der Waals surface area contributed by atoms with Crippen molar-refractivity contribution in [1.82, 2.24) is 0 Å². The van der Waals surface area contributed by atoms with Crippen molar-refractivity contribution >= 4 is 21.7 Å². The van der Waals surface area contributed by atoms with Crippen molar-refractivity contribution in [3.05, 3.63) is 0 Å². The molecule has 1 saturated carbocycles. The molecule has 5 nitrogen and oxygen atoms in total. The Morgan fingerprint density at radius 3 is 2.10 bits per heavy atom. The number of hydrogen-bond acceptors (Lipinski definition) is 5. The second kappa shape index (κ2) is 5.05. The van der Waals surface area contributed by atoms with Gasteiger partial charge in [-0.3, -0.25) is 9.59 Å². The fraction of sp³-hybridized carbons (Fsp3) is 0.833. The van der Waals surface area contributed by atoms with Crippen LogP contribution >= 0.6 is 0 Å². The van der Waals surface area contributed by atoms with E-state index in [-0.39, 0.29) is 6.42 Å². The lowest BCUT2D eigenvalue weighted by molar-refractivity contribution is -0.164. The second-order valence-corrected chi connectivity index (χ2v) is 7.44. The zero-order valence-corrected chi connectivity index (χ0v) is 12.9. The van der Waals surface area contributed by atoms with Crippen molar-refractivity contribution in [2.75, 3.05) is 0 Å². The predicted octanol–water partition coefficient (Wildman–Crippen LogP) is 2.21. The summed E-state index contributed by atoms with van der Waals surface area (Å²) in [5.74, 6) is -2.77. The van der Waals surface area contributed by atoms with Gasteiger partial charge in [-0.05, 0) is 19.8 Å². The minimum Gasteiger partial charge on any atom is -0.290 e. The topological polar surface area (TPSA) is 77.5 Å². The van der Waals surface area contributed by atoms with Gasteiger partial charge in [0.2, 0.25) is 11.6 Å². The first-order valence-corrected chi connectivity index (χ1v) is 7.71. The standard InChI is InChI=1S/C12H17F3O5S/c1-5-7-6-10(2,3)11(4,9(17)8(7)16)20-21(18,19)12(13,14)15/h7H,5-6H2,1-4H3/t7?,11-/m0/s1. The molecule has 0 amide bonds. The quantitative estimate of drug-likeness (QED) is 0.450. The molecule has 0 saturated heterocycles. The van der Waals surface area contributed by atoms with E-state index in [1.54, 1.807) is 6.92 Å². The number of hydrogen-bond donors (Lipinski definition) is 0. The molecule has 1 unspecified atom stereocenters. The molecular formula is C12H17F3O5S. The maximum absolute atomic E-state index is 12.5. The molecule has 1 fully saturated rings. The highest BCUT2D eigenvalue weighted by Gasteiger charge is 2.62. The van der Waals surface area contributed by atoms with E-state index in [0.29, 0.717) is 6.42 Å². The fourth-order valence-corrected chi connectivity index (χ4v) is 3.21. The third-order valence-corrected chi connectivity index (χ3v) is 5.25. The van der Waals surface area contributed by atoms with Gasteiger partial charge < -0.3 is 0 Å². The van der Waals surface area contributed by atoms with Gasteiger partial charge in [0, 0.05) is 11.3 Å². The number of carbonyl (C=O) groups excluding carboxylic acids is 2. The maximum atomic E-state index is 12.5. The predicted molar refractivity (Wildman–Crippen MR) is 66.7 cm³/mol. The van der Waals surface area contributed by atoms with Crippen LogP contribution in [0, 0.1) is 11.3 Å². The summed E-state index contributed by atoms with van der Waals surface area (Å²) >= 11 is 0. The summed E-state index contributed by atoms with van der Waals surface area (Å²) in [4.78, 5) is 24.0. The van der Waals surface area contributed by atoms with E-state index in [0.717, 1.165) is 6.92 Å². The summed E-state index contributed by atoms with van der Waals surface area (Å²) in [6.45, 7) is 5.40. The van der Waals surface area contributed by atoms with Gasteiger partial charge in [0.1, 0.15) is 0 Å². The van der Waals surface area contributed by atoms with E-state index < -0.39 is 44.1 Å². The van der Waals surface area contributed by atoms with Crippen LogP contribution < -0.4 is 0 Å². The van der Waals surface area contributed by atoms with Gasteiger partial charge in [-0.1, -0.05) is 20.8 Å². The van der Waals surface area contributed by atoms with Crippen LogP contribution in [0.5, 0.6) is 0 Å². The SMILES string of the molecule is CCC1CC(C)(C)[C@@](C)(OS(=O)(=O)C(F)(F)F)C(=O)C1=O. The molecule has 122 valence electrons. The molecule has 0 aromatic heterocycles. The Bertz CT molecular complexity index is 564.